The molecule has 0 fully saturated rings. The number of fused-ring (bicyclic) bond motifs is 1. The van der Waals surface area contributed by atoms with Crippen molar-refractivity contribution in [2.45, 2.75) is 46.6 Å². The van der Waals surface area contributed by atoms with Crippen LogP contribution in [0.4, 0.5) is 0 Å². The SMILES string of the molecule is COc1cccc(Cc2c(CO)oc(-c3cc(C)c4ccc(C(C)C)cc(C)c3-4)c(O)c2=O)c1. The summed E-state index contributed by atoms with van der Waals surface area (Å²) >= 11 is 0. The Balaban J connectivity index is 1.90. The highest BCUT2D eigenvalue weighted by molar-refractivity contribution is 5.90. The molecule has 0 unspecified atom stereocenters. The number of aryl methyl sites for hydroxylation is 2. The molecule has 1 aromatic heterocycles. The van der Waals surface area contributed by atoms with E-state index >= 15 is 0 Å². The van der Waals surface area contributed by atoms with Gasteiger partial charge in [-0.3, -0.25) is 4.79 Å². The summed E-state index contributed by atoms with van der Waals surface area (Å²) in [6.07, 6.45) is 0.204. The summed E-state index contributed by atoms with van der Waals surface area (Å²) < 4.78 is 11.3. The lowest BCUT2D eigenvalue weighted by atomic mass is 9.99. The molecule has 0 aliphatic heterocycles. The molecule has 0 amide bonds. The molecule has 1 aromatic carbocycles. The van der Waals surface area contributed by atoms with Gasteiger partial charge in [-0.15, -0.1) is 0 Å². The number of methoxy groups -OCH3 is 1. The number of ether oxygens (including phenoxy) is 1. The van der Waals surface area contributed by atoms with E-state index in [1.54, 1.807) is 7.11 Å². The molecule has 0 saturated carbocycles. The maximum absolute atomic E-state index is 13.3. The lowest BCUT2D eigenvalue weighted by Crippen LogP contribution is -2.14. The van der Waals surface area contributed by atoms with Gasteiger partial charge in [0.25, 0.3) is 0 Å². The van der Waals surface area contributed by atoms with Crippen LogP contribution < -0.4 is 10.2 Å². The first kappa shape index (κ1) is 23.6. The van der Waals surface area contributed by atoms with Crippen molar-refractivity contribution in [2.24, 2.45) is 0 Å². The molecule has 2 aromatic rings. The van der Waals surface area contributed by atoms with E-state index in [0.717, 1.165) is 27.8 Å². The second kappa shape index (κ2) is 9.35. The van der Waals surface area contributed by atoms with Crippen LogP contribution in [-0.4, -0.2) is 17.3 Å². The fraction of sp³-hybridized carbons (Fsp3) is 0.276. The van der Waals surface area contributed by atoms with Crippen molar-refractivity contribution >= 4 is 0 Å². The van der Waals surface area contributed by atoms with Crippen molar-refractivity contribution in [3.63, 3.8) is 0 Å². The van der Waals surface area contributed by atoms with Gasteiger partial charge in [-0.1, -0.05) is 44.2 Å². The second-order valence-corrected chi connectivity index (χ2v) is 9.04. The van der Waals surface area contributed by atoms with Gasteiger partial charge in [-0.05, 0) is 71.3 Å². The van der Waals surface area contributed by atoms with E-state index in [0.29, 0.717) is 17.2 Å². The fourth-order valence-electron chi connectivity index (χ4n) is 4.52. The Kier molecular flexibility index (Phi) is 6.49. The lowest BCUT2D eigenvalue weighted by Gasteiger charge is -2.12. The predicted molar refractivity (Wildman–Crippen MR) is 134 cm³/mol. The van der Waals surface area contributed by atoms with Crippen molar-refractivity contribution in [1.29, 1.82) is 0 Å². The average Bonchev–Trinajstić information content (AvgIpc) is 3.04. The highest BCUT2D eigenvalue weighted by Crippen LogP contribution is 2.43. The number of rotatable bonds is 6. The van der Waals surface area contributed by atoms with E-state index in [9.17, 15) is 15.0 Å². The van der Waals surface area contributed by atoms with Crippen LogP contribution in [0.15, 0.2) is 57.7 Å². The Morgan fingerprint density at radius 1 is 1.00 bits per heavy atom. The van der Waals surface area contributed by atoms with E-state index < -0.39 is 17.8 Å². The van der Waals surface area contributed by atoms with E-state index in [2.05, 4.69) is 32.0 Å². The van der Waals surface area contributed by atoms with Crippen molar-refractivity contribution in [3.8, 4) is 33.9 Å². The quantitative estimate of drug-likeness (QED) is 0.373. The van der Waals surface area contributed by atoms with Crippen molar-refractivity contribution < 1.29 is 19.4 Å². The van der Waals surface area contributed by atoms with Crippen LogP contribution in [0.1, 0.15) is 53.3 Å². The number of aliphatic hydroxyl groups excluding tert-OH is 1. The number of hydrogen-bond donors (Lipinski definition) is 2. The molecule has 5 heteroatoms. The smallest absolute Gasteiger partial charge is 0.231 e. The zero-order chi connectivity index (χ0) is 24.6. The zero-order valence-corrected chi connectivity index (χ0v) is 20.2. The molecule has 2 aliphatic carbocycles. The molecule has 2 N–H and O–H groups in total. The normalized spacial score (nSPS) is 11.4. The Hall–Kier alpha value is -3.57. The van der Waals surface area contributed by atoms with Gasteiger partial charge in [-0.25, -0.2) is 0 Å². The van der Waals surface area contributed by atoms with Crippen LogP contribution in [0.3, 0.4) is 0 Å². The molecule has 0 spiro atoms. The van der Waals surface area contributed by atoms with Gasteiger partial charge < -0.3 is 19.4 Å². The van der Waals surface area contributed by atoms with Crippen molar-refractivity contribution in [2.75, 3.05) is 7.11 Å². The predicted octanol–water partition coefficient (Wildman–Crippen LogP) is 5.95. The highest BCUT2D eigenvalue weighted by atomic mass is 16.5. The Morgan fingerprint density at radius 2 is 1.76 bits per heavy atom. The molecule has 34 heavy (non-hydrogen) atoms. The summed E-state index contributed by atoms with van der Waals surface area (Å²) in [5, 5.41) is 21.0. The molecule has 0 radical (unpaired) electrons. The van der Waals surface area contributed by atoms with Gasteiger partial charge in [-0.2, -0.15) is 0 Å². The third kappa shape index (κ3) is 4.19. The number of aliphatic hydroxyl groups is 1. The summed E-state index contributed by atoms with van der Waals surface area (Å²) in [5.74, 6) is 0.811. The third-order valence-corrected chi connectivity index (χ3v) is 6.38. The topological polar surface area (TPSA) is 79.9 Å². The van der Waals surface area contributed by atoms with Crippen LogP contribution in [0.25, 0.3) is 22.5 Å². The summed E-state index contributed by atoms with van der Waals surface area (Å²) in [5.41, 5.74) is 6.36. The summed E-state index contributed by atoms with van der Waals surface area (Å²) in [7, 11) is 1.57. The standard InChI is InChI=1S/C29H30O5/c1-16(2)20-9-10-22-17(3)12-24(26(22)18(4)11-20)29-28(32)27(31)23(25(15-30)34-29)14-19-7-6-8-21(13-19)33-5/h6-13,16,30,32H,14-15H2,1-5H3. The van der Waals surface area contributed by atoms with Gasteiger partial charge in [0.15, 0.2) is 5.76 Å². The first-order valence-corrected chi connectivity index (χ1v) is 11.4. The minimum atomic E-state index is -0.541. The van der Waals surface area contributed by atoms with Crippen LogP contribution in [0.2, 0.25) is 0 Å². The first-order valence-electron chi connectivity index (χ1n) is 11.4. The molecular weight excluding hydrogens is 428 g/mol. The molecular formula is C29H30O5. The van der Waals surface area contributed by atoms with E-state index in [1.807, 2.05) is 44.2 Å². The maximum Gasteiger partial charge on any atom is 0.231 e. The fourth-order valence-corrected chi connectivity index (χ4v) is 4.52. The zero-order valence-electron chi connectivity index (χ0n) is 20.2. The summed E-state index contributed by atoms with van der Waals surface area (Å²) in [6, 6.07) is 15.6. The Labute approximate surface area is 199 Å². The number of aromatic hydroxyl groups is 1. The van der Waals surface area contributed by atoms with Crippen LogP contribution in [0.5, 0.6) is 11.5 Å². The van der Waals surface area contributed by atoms with Crippen LogP contribution in [0, 0.1) is 13.8 Å². The minimum Gasteiger partial charge on any atom is -0.502 e. The molecule has 1 heterocycles. The van der Waals surface area contributed by atoms with Gasteiger partial charge in [0.1, 0.15) is 18.1 Å². The largest absolute Gasteiger partial charge is 0.502 e. The molecule has 4 rings (SSSR count). The monoisotopic (exact) mass is 458 g/mol. The first-order chi connectivity index (χ1) is 16.2. The van der Waals surface area contributed by atoms with Crippen molar-refractivity contribution in [3.05, 3.63) is 92.3 Å². The van der Waals surface area contributed by atoms with Gasteiger partial charge >= 0.3 is 0 Å². The van der Waals surface area contributed by atoms with E-state index in [-0.39, 0.29) is 23.5 Å². The van der Waals surface area contributed by atoms with Crippen LogP contribution >= 0.6 is 0 Å². The van der Waals surface area contributed by atoms with Gasteiger partial charge in [0.2, 0.25) is 11.2 Å². The van der Waals surface area contributed by atoms with E-state index in [4.69, 9.17) is 9.15 Å². The second-order valence-electron chi connectivity index (χ2n) is 9.04. The molecule has 5 nitrogen and oxygen atoms in total. The minimum absolute atomic E-state index is 0.0851. The highest BCUT2D eigenvalue weighted by Gasteiger charge is 2.25. The molecule has 0 bridgehead atoms. The molecule has 0 atom stereocenters. The summed E-state index contributed by atoms with van der Waals surface area (Å²) in [6.45, 7) is 7.86. The molecule has 2 aliphatic rings. The van der Waals surface area contributed by atoms with Crippen molar-refractivity contribution in [1.82, 2.24) is 0 Å². The molecule has 176 valence electrons. The summed E-state index contributed by atoms with van der Waals surface area (Å²) in [4.78, 5) is 13.3. The Bertz CT molecular complexity index is 1380. The van der Waals surface area contributed by atoms with E-state index in [1.165, 1.54) is 5.56 Å². The lowest BCUT2D eigenvalue weighted by molar-refractivity contribution is 0.241. The average molecular weight is 459 g/mol. The third-order valence-electron chi connectivity index (χ3n) is 6.38. The Morgan fingerprint density at radius 3 is 2.44 bits per heavy atom. The van der Waals surface area contributed by atoms with Gasteiger partial charge in [0.05, 0.1) is 7.11 Å². The van der Waals surface area contributed by atoms with Gasteiger partial charge in [0, 0.05) is 17.5 Å². The number of hydrogen-bond acceptors (Lipinski definition) is 5. The maximum atomic E-state index is 13.3. The van der Waals surface area contributed by atoms with Crippen LogP contribution in [-0.2, 0) is 13.0 Å². The molecule has 0 saturated heterocycles. The number of benzene rings is 1.